The lowest BCUT2D eigenvalue weighted by Crippen LogP contribution is -2.62. The van der Waals surface area contributed by atoms with Gasteiger partial charge < -0.3 is 24.6 Å². The quantitative estimate of drug-likeness (QED) is 0.484. The van der Waals surface area contributed by atoms with E-state index in [-0.39, 0.29) is 23.7 Å². The Labute approximate surface area is 225 Å². The number of aromatic nitrogens is 3. The molecule has 0 unspecified atom stereocenters. The molecule has 2 aromatic heterocycles. The molecule has 0 saturated carbocycles. The van der Waals surface area contributed by atoms with Crippen LogP contribution in [0.2, 0.25) is 0 Å². The molecule has 4 rings (SSSR count). The van der Waals surface area contributed by atoms with E-state index in [1.54, 1.807) is 63.4 Å². The standard InChI is InChI=1S/C26H32FN7O5/c1-15(2)38-24(36)30-17-10-28-22-31-21(14-33(22)11-17)19-9-16(7-8-20(19)27)29-23(35)34-12-18(13-34)32(6)25(37)39-26(3,4)5/h7-11,14-15,18H,12-13H2,1-6H3,(H,29,35)(H,30,36). The second-order valence-corrected chi connectivity index (χ2v) is 10.5. The minimum Gasteiger partial charge on any atom is -0.447 e. The molecule has 1 aliphatic rings. The second kappa shape index (κ2) is 10.8. The largest absolute Gasteiger partial charge is 0.447 e. The molecule has 1 saturated heterocycles. The summed E-state index contributed by atoms with van der Waals surface area (Å²) in [5.41, 5.74) is 0.608. The summed E-state index contributed by atoms with van der Waals surface area (Å²) in [4.78, 5) is 48.4. The average Bonchev–Trinajstić information content (AvgIpc) is 3.20. The maximum atomic E-state index is 14.7. The number of fused-ring (bicyclic) bond motifs is 1. The van der Waals surface area contributed by atoms with E-state index in [9.17, 15) is 18.8 Å². The van der Waals surface area contributed by atoms with Crippen LogP contribution in [0.4, 0.5) is 30.1 Å². The van der Waals surface area contributed by atoms with Crippen molar-refractivity contribution < 1.29 is 28.2 Å². The minimum atomic E-state index is -0.619. The Morgan fingerprint density at radius 1 is 1.13 bits per heavy atom. The molecular weight excluding hydrogens is 509 g/mol. The van der Waals surface area contributed by atoms with Gasteiger partial charge in [0.2, 0.25) is 5.78 Å². The highest BCUT2D eigenvalue weighted by Crippen LogP contribution is 2.27. The van der Waals surface area contributed by atoms with Crippen LogP contribution in [-0.2, 0) is 9.47 Å². The number of anilines is 2. The van der Waals surface area contributed by atoms with Crippen LogP contribution in [0.1, 0.15) is 34.6 Å². The number of imidazole rings is 1. The van der Waals surface area contributed by atoms with Gasteiger partial charge in [-0.3, -0.25) is 9.72 Å². The summed E-state index contributed by atoms with van der Waals surface area (Å²) in [6.45, 7) is 9.53. The smallest absolute Gasteiger partial charge is 0.411 e. The zero-order valence-electron chi connectivity index (χ0n) is 22.7. The number of likely N-dealkylation sites (N-methyl/N-ethyl adjacent to an activating group) is 1. The summed E-state index contributed by atoms with van der Waals surface area (Å²) in [6.07, 6.45) is 3.22. The third kappa shape index (κ3) is 6.72. The first-order chi connectivity index (χ1) is 18.3. The van der Waals surface area contributed by atoms with Gasteiger partial charge in [0, 0.05) is 43.8 Å². The van der Waals surface area contributed by atoms with Crippen LogP contribution >= 0.6 is 0 Å². The van der Waals surface area contributed by atoms with Crippen LogP contribution in [0.15, 0.2) is 36.8 Å². The van der Waals surface area contributed by atoms with Crippen LogP contribution in [-0.4, -0.2) is 80.3 Å². The van der Waals surface area contributed by atoms with Gasteiger partial charge >= 0.3 is 18.2 Å². The number of rotatable bonds is 5. The van der Waals surface area contributed by atoms with Gasteiger partial charge in [0.25, 0.3) is 0 Å². The normalized spacial score (nSPS) is 13.7. The fraction of sp³-hybridized carbons (Fsp3) is 0.423. The van der Waals surface area contributed by atoms with Gasteiger partial charge in [-0.05, 0) is 52.8 Å². The van der Waals surface area contributed by atoms with Crippen LogP contribution in [0.25, 0.3) is 17.0 Å². The van der Waals surface area contributed by atoms with Crippen molar-refractivity contribution in [1.82, 2.24) is 24.2 Å². The van der Waals surface area contributed by atoms with Gasteiger partial charge in [0.15, 0.2) is 0 Å². The molecule has 2 N–H and O–H groups in total. The minimum absolute atomic E-state index is 0.161. The van der Waals surface area contributed by atoms with Crippen molar-refractivity contribution in [3.63, 3.8) is 0 Å². The number of halogens is 1. The Morgan fingerprint density at radius 3 is 2.51 bits per heavy atom. The predicted molar refractivity (Wildman–Crippen MR) is 142 cm³/mol. The number of carbonyl (C=O) groups is 3. The number of benzene rings is 1. The molecule has 208 valence electrons. The molecule has 0 spiro atoms. The summed E-state index contributed by atoms with van der Waals surface area (Å²) >= 11 is 0. The van der Waals surface area contributed by atoms with Gasteiger partial charge in [0.05, 0.1) is 29.7 Å². The second-order valence-electron chi connectivity index (χ2n) is 10.5. The Morgan fingerprint density at radius 2 is 1.85 bits per heavy atom. The van der Waals surface area contributed by atoms with Gasteiger partial charge in [-0.25, -0.2) is 28.7 Å². The average molecular weight is 542 g/mol. The Hall–Kier alpha value is -4.42. The van der Waals surface area contributed by atoms with Crippen molar-refractivity contribution in [3.8, 4) is 11.3 Å². The first-order valence-electron chi connectivity index (χ1n) is 12.4. The van der Waals surface area contributed by atoms with Crippen LogP contribution in [0.3, 0.4) is 0 Å². The predicted octanol–water partition coefficient (Wildman–Crippen LogP) is 4.58. The number of nitrogens with zero attached hydrogens (tertiary/aromatic N) is 5. The van der Waals surface area contributed by atoms with E-state index in [0.29, 0.717) is 35.9 Å². The number of carbonyl (C=O) groups excluding carboxylic acids is 3. The van der Waals surface area contributed by atoms with Crippen molar-refractivity contribution in [2.24, 2.45) is 0 Å². The number of urea groups is 1. The molecule has 3 heterocycles. The molecule has 0 aliphatic carbocycles. The molecule has 0 atom stereocenters. The van der Waals surface area contributed by atoms with Gasteiger partial charge in [0.1, 0.15) is 11.4 Å². The highest BCUT2D eigenvalue weighted by atomic mass is 19.1. The van der Waals surface area contributed by atoms with E-state index < -0.39 is 23.6 Å². The molecule has 1 aliphatic heterocycles. The highest BCUT2D eigenvalue weighted by molar-refractivity contribution is 5.91. The fourth-order valence-corrected chi connectivity index (χ4v) is 3.79. The molecule has 39 heavy (non-hydrogen) atoms. The third-order valence-corrected chi connectivity index (χ3v) is 5.77. The molecule has 1 fully saturated rings. The van der Waals surface area contributed by atoms with Crippen molar-refractivity contribution in [1.29, 1.82) is 0 Å². The first kappa shape index (κ1) is 27.6. The van der Waals surface area contributed by atoms with E-state index in [2.05, 4.69) is 20.6 Å². The lowest BCUT2D eigenvalue weighted by molar-refractivity contribution is 0.00450. The van der Waals surface area contributed by atoms with Crippen LogP contribution < -0.4 is 10.6 Å². The molecule has 12 nitrogen and oxygen atoms in total. The lowest BCUT2D eigenvalue weighted by atomic mass is 10.1. The van der Waals surface area contributed by atoms with Crippen LogP contribution in [0.5, 0.6) is 0 Å². The van der Waals surface area contributed by atoms with E-state index in [1.807, 2.05) is 0 Å². The Bertz CT molecular complexity index is 1400. The number of hydrogen-bond donors (Lipinski definition) is 2. The molecule has 0 bridgehead atoms. The van der Waals surface area contributed by atoms with Gasteiger partial charge in [-0.15, -0.1) is 0 Å². The molecular formula is C26H32FN7O5. The fourth-order valence-electron chi connectivity index (χ4n) is 3.79. The SMILES string of the molecule is CC(C)OC(=O)Nc1cnc2nc(-c3cc(NC(=O)N4CC(N(C)C(=O)OC(C)(C)C)C4)ccc3F)cn2c1. The Balaban J connectivity index is 1.41. The number of hydrogen-bond acceptors (Lipinski definition) is 7. The number of amides is 4. The molecule has 4 amide bonds. The monoisotopic (exact) mass is 541 g/mol. The van der Waals surface area contributed by atoms with Crippen molar-refractivity contribution in [3.05, 3.63) is 42.6 Å². The number of nitrogens with one attached hydrogen (secondary N) is 2. The van der Waals surface area contributed by atoms with Crippen molar-refractivity contribution in [2.75, 3.05) is 30.8 Å². The lowest BCUT2D eigenvalue weighted by Gasteiger charge is -2.43. The van der Waals surface area contributed by atoms with E-state index >= 15 is 0 Å². The molecule has 13 heteroatoms. The first-order valence-corrected chi connectivity index (χ1v) is 12.4. The van der Waals surface area contributed by atoms with Crippen molar-refractivity contribution >= 4 is 35.4 Å². The van der Waals surface area contributed by atoms with Crippen molar-refractivity contribution in [2.45, 2.75) is 52.4 Å². The van der Waals surface area contributed by atoms with E-state index in [4.69, 9.17) is 9.47 Å². The van der Waals surface area contributed by atoms with E-state index in [1.165, 1.54) is 29.3 Å². The topological polar surface area (TPSA) is 130 Å². The zero-order chi connectivity index (χ0) is 28.5. The summed E-state index contributed by atoms with van der Waals surface area (Å²) in [5.74, 6) is -0.236. The highest BCUT2D eigenvalue weighted by Gasteiger charge is 2.37. The summed E-state index contributed by atoms with van der Waals surface area (Å²) in [6, 6.07) is 3.65. The maximum Gasteiger partial charge on any atom is 0.411 e. The van der Waals surface area contributed by atoms with Gasteiger partial charge in [-0.2, -0.15) is 0 Å². The van der Waals surface area contributed by atoms with Crippen LogP contribution in [0, 0.1) is 5.82 Å². The van der Waals surface area contributed by atoms with Gasteiger partial charge in [-0.1, -0.05) is 0 Å². The molecule has 0 radical (unpaired) electrons. The third-order valence-electron chi connectivity index (χ3n) is 5.77. The summed E-state index contributed by atoms with van der Waals surface area (Å²) < 4.78 is 26.7. The molecule has 1 aromatic carbocycles. The summed E-state index contributed by atoms with van der Waals surface area (Å²) in [5, 5.41) is 5.34. The summed E-state index contributed by atoms with van der Waals surface area (Å²) in [7, 11) is 1.64. The Kier molecular flexibility index (Phi) is 7.61. The maximum absolute atomic E-state index is 14.7. The number of ether oxygens (including phenoxy) is 2. The molecule has 3 aromatic rings. The van der Waals surface area contributed by atoms with E-state index in [0.717, 1.165) is 0 Å². The number of likely N-dealkylation sites (tertiary alicyclic amines) is 1. The zero-order valence-corrected chi connectivity index (χ0v) is 22.7.